The number of nitrogens with one attached hydrogen (secondary N) is 1. The van der Waals surface area contributed by atoms with Crippen LogP contribution in [0.2, 0.25) is 0 Å². The van der Waals surface area contributed by atoms with Crippen molar-refractivity contribution < 1.29 is 9.59 Å². The van der Waals surface area contributed by atoms with Gasteiger partial charge in [0.15, 0.2) is 0 Å². The molecule has 5 heteroatoms. The first kappa shape index (κ1) is 13.7. The van der Waals surface area contributed by atoms with Crippen molar-refractivity contribution in [3.63, 3.8) is 0 Å². The average Bonchev–Trinajstić information content (AvgIpc) is 2.41. The Morgan fingerprint density at radius 3 is 2.40 bits per heavy atom. The summed E-state index contributed by atoms with van der Waals surface area (Å²) in [5, 5.41) is 2.76. The molecule has 0 aliphatic carbocycles. The Balaban J connectivity index is 2.04. The van der Waals surface area contributed by atoms with E-state index < -0.39 is 0 Å². The lowest BCUT2D eigenvalue weighted by atomic mass is 10.1. The van der Waals surface area contributed by atoms with Gasteiger partial charge in [-0.15, -0.1) is 0 Å². The number of amides is 2. The maximum absolute atomic E-state index is 12.0. The van der Waals surface area contributed by atoms with Crippen LogP contribution in [0.4, 0.5) is 5.69 Å². The molecule has 1 aromatic heterocycles. The van der Waals surface area contributed by atoms with Crippen LogP contribution in [0.3, 0.4) is 0 Å². The minimum atomic E-state index is -0.382. The van der Waals surface area contributed by atoms with Crippen LogP contribution in [-0.2, 0) is 11.2 Å². The van der Waals surface area contributed by atoms with Crippen LogP contribution in [0.1, 0.15) is 21.6 Å². The molecule has 0 aliphatic rings. The molecule has 0 spiro atoms. The first-order valence-corrected chi connectivity index (χ1v) is 6.16. The highest BCUT2D eigenvalue weighted by molar-refractivity contribution is 6.04. The van der Waals surface area contributed by atoms with Crippen LogP contribution in [0.25, 0.3) is 0 Å². The van der Waals surface area contributed by atoms with E-state index >= 15 is 0 Å². The summed E-state index contributed by atoms with van der Waals surface area (Å²) in [6, 6.07) is 10.5. The molecule has 2 amide bonds. The zero-order chi connectivity index (χ0) is 14.5. The van der Waals surface area contributed by atoms with Crippen molar-refractivity contribution in [2.45, 2.75) is 13.3 Å². The van der Waals surface area contributed by atoms with Crippen LogP contribution < -0.4 is 11.1 Å². The number of primary amides is 1. The quantitative estimate of drug-likeness (QED) is 0.885. The Morgan fingerprint density at radius 1 is 1.15 bits per heavy atom. The largest absolute Gasteiger partial charge is 0.369 e. The number of rotatable bonds is 4. The zero-order valence-corrected chi connectivity index (χ0v) is 11.1. The van der Waals surface area contributed by atoms with Crippen molar-refractivity contribution >= 4 is 17.5 Å². The van der Waals surface area contributed by atoms with Crippen LogP contribution in [0.5, 0.6) is 0 Å². The van der Waals surface area contributed by atoms with Gasteiger partial charge in [-0.3, -0.25) is 14.6 Å². The van der Waals surface area contributed by atoms with Gasteiger partial charge in [0.1, 0.15) is 0 Å². The number of carbonyl (C=O) groups excluding carboxylic acids is 2. The first-order chi connectivity index (χ1) is 9.54. The molecule has 2 aromatic rings. The van der Waals surface area contributed by atoms with Crippen molar-refractivity contribution in [1.82, 2.24) is 4.98 Å². The third-order valence-corrected chi connectivity index (χ3v) is 2.76. The molecule has 1 aromatic carbocycles. The molecule has 0 atom stereocenters. The van der Waals surface area contributed by atoms with E-state index in [9.17, 15) is 9.59 Å². The number of nitrogens with zero attached hydrogens (tertiary/aromatic N) is 1. The Hall–Kier alpha value is -2.69. The Kier molecular flexibility index (Phi) is 4.10. The molecule has 0 saturated carbocycles. The van der Waals surface area contributed by atoms with Crippen LogP contribution in [0, 0.1) is 6.92 Å². The summed E-state index contributed by atoms with van der Waals surface area (Å²) in [5.41, 5.74) is 7.94. The van der Waals surface area contributed by atoms with E-state index in [0.717, 1.165) is 11.3 Å². The lowest BCUT2D eigenvalue weighted by molar-refractivity contribution is -0.117. The molecule has 1 heterocycles. The van der Waals surface area contributed by atoms with Gasteiger partial charge in [0.05, 0.1) is 12.0 Å². The molecular formula is C15H15N3O2. The van der Waals surface area contributed by atoms with Gasteiger partial charge in [0, 0.05) is 17.6 Å². The fourth-order valence-corrected chi connectivity index (χ4v) is 1.71. The molecule has 2 rings (SSSR count). The van der Waals surface area contributed by atoms with E-state index in [1.165, 1.54) is 6.20 Å². The number of hydrogen-bond acceptors (Lipinski definition) is 3. The van der Waals surface area contributed by atoms with Gasteiger partial charge in [0.2, 0.25) is 5.91 Å². The van der Waals surface area contributed by atoms with E-state index in [2.05, 4.69) is 10.3 Å². The van der Waals surface area contributed by atoms with Gasteiger partial charge in [-0.2, -0.15) is 0 Å². The third kappa shape index (κ3) is 3.65. The highest BCUT2D eigenvalue weighted by Gasteiger charge is 2.06. The molecule has 5 nitrogen and oxygen atoms in total. The van der Waals surface area contributed by atoms with Gasteiger partial charge in [-0.25, -0.2) is 0 Å². The molecule has 3 N–H and O–H groups in total. The second-order valence-corrected chi connectivity index (χ2v) is 4.48. The maximum atomic E-state index is 12.0. The van der Waals surface area contributed by atoms with Gasteiger partial charge in [-0.1, -0.05) is 12.1 Å². The molecule has 0 saturated heterocycles. The fourth-order valence-electron chi connectivity index (χ4n) is 1.71. The predicted octanol–water partition coefficient (Wildman–Crippen LogP) is 1.67. The molecule has 0 radical (unpaired) electrons. The standard InChI is InChI=1S/C15H15N3O2/c1-10-2-5-12(9-17-10)15(20)18-13-6-3-11(4-7-13)8-14(16)19/h2-7,9H,8H2,1H3,(H2,16,19)(H,18,20). The second kappa shape index (κ2) is 5.97. The van der Waals surface area contributed by atoms with Gasteiger partial charge in [-0.05, 0) is 36.8 Å². The van der Waals surface area contributed by atoms with E-state index in [4.69, 9.17) is 5.73 Å². The molecule has 0 aliphatic heterocycles. The predicted molar refractivity (Wildman–Crippen MR) is 76.3 cm³/mol. The van der Waals surface area contributed by atoms with Gasteiger partial charge in [0.25, 0.3) is 5.91 Å². The lowest BCUT2D eigenvalue weighted by Gasteiger charge is -2.06. The van der Waals surface area contributed by atoms with Crippen molar-refractivity contribution in [3.05, 3.63) is 59.4 Å². The molecule has 102 valence electrons. The van der Waals surface area contributed by atoms with Crippen LogP contribution in [-0.4, -0.2) is 16.8 Å². The summed E-state index contributed by atoms with van der Waals surface area (Å²) in [5.74, 6) is -0.604. The Labute approximate surface area is 116 Å². The van der Waals surface area contributed by atoms with Gasteiger partial charge < -0.3 is 11.1 Å². The topological polar surface area (TPSA) is 85.1 Å². The minimum absolute atomic E-state index is 0.191. The summed E-state index contributed by atoms with van der Waals surface area (Å²) >= 11 is 0. The van der Waals surface area contributed by atoms with E-state index in [1.54, 1.807) is 36.4 Å². The molecule has 20 heavy (non-hydrogen) atoms. The summed E-state index contributed by atoms with van der Waals surface area (Å²) in [6.45, 7) is 1.86. The number of pyridine rings is 1. The lowest BCUT2D eigenvalue weighted by Crippen LogP contribution is -2.14. The highest BCUT2D eigenvalue weighted by Crippen LogP contribution is 2.11. The molecule has 0 bridgehead atoms. The SMILES string of the molecule is Cc1ccc(C(=O)Nc2ccc(CC(N)=O)cc2)cn1. The molecule has 0 fully saturated rings. The number of aryl methyl sites for hydroxylation is 1. The summed E-state index contributed by atoms with van der Waals surface area (Å²) in [4.78, 5) is 26.8. The molecule has 0 unspecified atom stereocenters. The normalized spacial score (nSPS) is 10.1. The number of nitrogens with two attached hydrogens (primary N) is 1. The second-order valence-electron chi connectivity index (χ2n) is 4.48. The monoisotopic (exact) mass is 269 g/mol. The number of hydrogen-bond donors (Lipinski definition) is 2. The van der Waals surface area contributed by atoms with Crippen molar-refractivity contribution in [1.29, 1.82) is 0 Å². The summed E-state index contributed by atoms with van der Waals surface area (Å²) < 4.78 is 0. The number of anilines is 1. The highest BCUT2D eigenvalue weighted by atomic mass is 16.2. The van der Waals surface area contributed by atoms with Crippen molar-refractivity contribution in [2.75, 3.05) is 5.32 Å². The smallest absolute Gasteiger partial charge is 0.257 e. The van der Waals surface area contributed by atoms with Crippen LogP contribution in [0.15, 0.2) is 42.6 Å². The number of aromatic nitrogens is 1. The van der Waals surface area contributed by atoms with Crippen molar-refractivity contribution in [2.24, 2.45) is 5.73 Å². The average molecular weight is 269 g/mol. The van der Waals surface area contributed by atoms with E-state index in [1.807, 2.05) is 6.92 Å². The number of carbonyl (C=O) groups is 2. The zero-order valence-electron chi connectivity index (χ0n) is 11.1. The Bertz CT molecular complexity index is 619. The summed E-state index contributed by atoms with van der Waals surface area (Å²) in [7, 11) is 0. The van der Waals surface area contributed by atoms with Crippen LogP contribution >= 0.6 is 0 Å². The van der Waals surface area contributed by atoms with E-state index in [0.29, 0.717) is 11.3 Å². The minimum Gasteiger partial charge on any atom is -0.369 e. The van der Waals surface area contributed by atoms with Crippen molar-refractivity contribution in [3.8, 4) is 0 Å². The number of benzene rings is 1. The maximum Gasteiger partial charge on any atom is 0.257 e. The molecular weight excluding hydrogens is 254 g/mol. The summed E-state index contributed by atoms with van der Waals surface area (Å²) in [6.07, 6.45) is 1.72. The van der Waals surface area contributed by atoms with Gasteiger partial charge >= 0.3 is 0 Å². The van der Waals surface area contributed by atoms with E-state index in [-0.39, 0.29) is 18.2 Å². The first-order valence-electron chi connectivity index (χ1n) is 6.16. The Morgan fingerprint density at radius 2 is 1.85 bits per heavy atom. The third-order valence-electron chi connectivity index (χ3n) is 2.76. The fraction of sp³-hybridized carbons (Fsp3) is 0.133.